The summed E-state index contributed by atoms with van der Waals surface area (Å²) in [5, 5.41) is 9.73. The Kier molecular flexibility index (Phi) is 2.66. The number of rotatable bonds is 0. The minimum Gasteiger partial charge on any atom is -0.295 e. The summed E-state index contributed by atoms with van der Waals surface area (Å²) >= 11 is 0. The molecule has 5 aliphatic rings. The van der Waals surface area contributed by atoms with Crippen molar-refractivity contribution < 1.29 is 4.79 Å². The number of fused-ring (bicyclic) bond motifs is 7. The summed E-state index contributed by atoms with van der Waals surface area (Å²) in [5.74, 6) is 4.57. The third-order valence-electron chi connectivity index (χ3n) is 8.89. The quantitative estimate of drug-likeness (QED) is 0.660. The van der Waals surface area contributed by atoms with Gasteiger partial charge in [0.2, 0.25) is 0 Å². The number of nitrogens with zero attached hydrogens (tertiary/aromatic N) is 1. The maximum absolute atomic E-state index is 11.9. The van der Waals surface area contributed by atoms with Gasteiger partial charge in [0.1, 0.15) is 0 Å². The van der Waals surface area contributed by atoms with Gasteiger partial charge in [0.15, 0.2) is 5.78 Å². The number of allylic oxidation sites excluding steroid dienone is 1. The van der Waals surface area contributed by atoms with Crippen LogP contribution in [-0.2, 0) is 4.79 Å². The van der Waals surface area contributed by atoms with E-state index in [4.69, 9.17) is 0 Å². The van der Waals surface area contributed by atoms with E-state index in [1.807, 2.05) is 6.08 Å². The highest BCUT2D eigenvalue weighted by molar-refractivity contribution is 5.91. The molecule has 2 heteroatoms. The normalized spacial score (nSPS) is 56.6. The highest BCUT2D eigenvalue weighted by atomic mass is 16.1. The van der Waals surface area contributed by atoms with Gasteiger partial charge < -0.3 is 0 Å². The lowest BCUT2D eigenvalue weighted by atomic mass is 9.46. The molecule has 4 unspecified atom stereocenters. The lowest BCUT2D eigenvalue weighted by Crippen LogP contribution is -2.51. The van der Waals surface area contributed by atoms with Crippen molar-refractivity contribution in [3.63, 3.8) is 0 Å². The maximum Gasteiger partial charge on any atom is 0.155 e. The van der Waals surface area contributed by atoms with Crippen molar-refractivity contribution in [1.82, 2.24) is 0 Å². The fourth-order valence-electron chi connectivity index (χ4n) is 7.77. The van der Waals surface area contributed by atoms with Gasteiger partial charge in [-0.3, -0.25) is 4.79 Å². The molecule has 8 atom stereocenters. The predicted molar refractivity (Wildman–Crippen MR) is 88.2 cm³/mol. The smallest absolute Gasteiger partial charge is 0.155 e. The van der Waals surface area contributed by atoms with E-state index in [1.165, 1.54) is 31.3 Å². The lowest BCUT2D eigenvalue weighted by molar-refractivity contribution is -0.117. The first-order valence-corrected chi connectivity index (χ1v) is 9.62. The van der Waals surface area contributed by atoms with Crippen LogP contribution in [0.5, 0.6) is 0 Å². The number of hydrogen-bond acceptors (Lipinski definition) is 2. The Morgan fingerprint density at radius 3 is 2.74 bits per heavy atom. The second-order valence-electron chi connectivity index (χ2n) is 9.60. The Morgan fingerprint density at radius 1 is 1.13 bits per heavy atom. The summed E-state index contributed by atoms with van der Waals surface area (Å²) in [4.78, 5) is 11.9. The van der Waals surface area contributed by atoms with E-state index < -0.39 is 0 Å². The van der Waals surface area contributed by atoms with Crippen LogP contribution in [0.4, 0.5) is 0 Å². The number of carbonyl (C=O) groups excluding carboxylic acids is 1. The minimum atomic E-state index is 0.271. The molecule has 5 rings (SSSR count). The molecule has 0 aromatic heterocycles. The molecular formula is C21H27NO. The fraction of sp³-hybridized carbons (Fsp3) is 0.810. The standard InChI is InChI=1S/C21H27NO/c1-20-7-5-13(23)9-12(20)3-4-14-17(20)6-8-21(2)18(11-22)15-10-16(15)19(14)21/h9,14-19H,3-8,10H2,1-2H3/t14?,15-,16?,17?,18-,19?,20-,21+/m0/s1. The molecule has 0 amide bonds. The number of carbonyl (C=O) groups is 1. The topological polar surface area (TPSA) is 40.9 Å². The summed E-state index contributed by atoms with van der Waals surface area (Å²) in [5.41, 5.74) is 2.01. The average molecular weight is 309 g/mol. The fourth-order valence-corrected chi connectivity index (χ4v) is 7.77. The highest BCUT2D eigenvalue weighted by Crippen LogP contribution is 2.75. The Labute approximate surface area is 139 Å². The summed E-state index contributed by atoms with van der Waals surface area (Å²) < 4.78 is 0. The largest absolute Gasteiger partial charge is 0.295 e. The first-order chi connectivity index (χ1) is 11.0. The summed E-state index contributed by atoms with van der Waals surface area (Å²) in [7, 11) is 0. The molecule has 0 saturated heterocycles. The second-order valence-corrected chi connectivity index (χ2v) is 9.60. The third kappa shape index (κ3) is 1.62. The zero-order valence-corrected chi connectivity index (χ0v) is 14.3. The molecule has 23 heavy (non-hydrogen) atoms. The van der Waals surface area contributed by atoms with Crippen molar-refractivity contribution in [2.45, 2.75) is 58.8 Å². The Hall–Kier alpha value is -1.10. The lowest BCUT2D eigenvalue weighted by Gasteiger charge is -2.58. The number of nitriles is 1. The van der Waals surface area contributed by atoms with E-state index in [1.54, 1.807) is 0 Å². The van der Waals surface area contributed by atoms with Gasteiger partial charge in [0, 0.05) is 6.42 Å². The van der Waals surface area contributed by atoms with Crippen LogP contribution in [-0.4, -0.2) is 5.78 Å². The van der Waals surface area contributed by atoms with Crippen molar-refractivity contribution in [3.8, 4) is 6.07 Å². The van der Waals surface area contributed by atoms with Crippen LogP contribution in [0, 0.1) is 57.7 Å². The minimum absolute atomic E-state index is 0.271. The first kappa shape index (κ1) is 14.3. The number of hydrogen-bond donors (Lipinski definition) is 0. The van der Waals surface area contributed by atoms with Crippen molar-refractivity contribution in [2.24, 2.45) is 46.3 Å². The van der Waals surface area contributed by atoms with E-state index in [2.05, 4.69) is 19.9 Å². The van der Waals surface area contributed by atoms with Crippen LogP contribution < -0.4 is 0 Å². The third-order valence-corrected chi connectivity index (χ3v) is 8.89. The van der Waals surface area contributed by atoms with Crippen LogP contribution in [0.25, 0.3) is 0 Å². The molecular weight excluding hydrogens is 282 g/mol. The summed E-state index contributed by atoms with van der Waals surface area (Å²) in [6.45, 7) is 4.89. The summed E-state index contributed by atoms with van der Waals surface area (Å²) in [6.07, 6.45) is 10.0. The maximum atomic E-state index is 11.9. The van der Waals surface area contributed by atoms with Crippen molar-refractivity contribution in [1.29, 1.82) is 5.26 Å². The van der Waals surface area contributed by atoms with Crippen LogP contribution in [0.1, 0.15) is 58.8 Å². The molecule has 0 heterocycles. The van der Waals surface area contributed by atoms with Crippen LogP contribution in [0.15, 0.2) is 11.6 Å². The summed E-state index contributed by atoms with van der Waals surface area (Å²) in [6, 6.07) is 2.71. The molecule has 0 aliphatic heterocycles. The molecule has 0 aromatic carbocycles. The molecule has 0 bridgehead atoms. The first-order valence-electron chi connectivity index (χ1n) is 9.62. The predicted octanol–water partition coefficient (Wildman–Crippen LogP) is 4.51. The molecule has 122 valence electrons. The zero-order chi connectivity index (χ0) is 16.0. The molecule has 4 saturated carbocycles. The van der Waals surface area contributed by atoms with E-state index >= 15 is 0 Å². The molecule has 5 aliphatic carbocycles. The van der Waals surface area contributed by atoms with E-state index in [0.717, 1.165) is 42.9 Å². The van der Waals surface area contributed by atoms with Gasteiger partial charge >= 0.3 is 0 Å². The van der Waals surface area contributed by atoms with E-state index in [-0.39, 0.29) is 10.8 Å². The molecule has 0 N–H and O–H groups in total. The molecule has 0 aromatic rings. The average Bonchev–Trinajstić information content (AvgIpc) is 3.23. The van der Waals surface area contributed by atoms with Crippen molar-refractivity contribution in [2.75, 3.05) is 0 Å². The molecule has 0 radical (unpaired) electrons. The van der Waals surface area contributed by atoms with Gasteiger partial charge in [-0.25, -0.2) is 0 Å². The van der Waals surface area contributed by atoms with Gasteiger partial charge in [-0.1, -0.05) is 19.4 Å². The van der Waals surface area contributed by atoms with Gasteiger partial charge in [-0.15, -0.1) is 0 Å². The van der Waals surface area contributed by atoms with E-state index in [0.29, 0.717) is 17.6 Å². The van der Waals surface area contributed by atoms with Crippen molar-refractivity contribution in [3.05, 3.63) is 11.6 Å². The van der Waals surface area contributed by atoms with Gasteiger partial charge in [0.05, 0.1) is 12.0 Å². The Morgan fingerprint density at radius 2 is 1.96 bits per heavy atom. The van der Waals surface area contributed by atoms with Crippen LogP contribution in [0.3, 0.4) is 0 Å². The van der Waals surface area contributed by atoms with Gasteiger partial charge in [-0.05, 0) is 85.0 Å². The highest BCUT2D eigenvalue weighted by Gasteiger charge is 2.70. The monoisotopic (exact) mass is 309 g/mol. The van der Waals surface area contributed by atoms with E-state index in [9.17, 15) is 10.1 Å². The SMILES string of the molecule is C[C@]12CCC(=O)C=C1CCC1C2CC[C@@]2(C)C1C1C[C@@H]1[C@@H]2C#N. The van der Waals surface area contributed by atoms with Crippen molar-refractivity contribution >= 4 is 5.78 Å². The molecule has 0 spiro atoms. The van der Waals surface area contributed by atoms with Gasteiger partial charge in [-0.2, -0.15) is 5.26 Å². The number of ketones is 1. The van der Waals surface area contributed by atoms with Crippen LogP contribution in [0.2, 0.25) is 0 Å². The Bertz CT molecular complexity index is 657. The zero-order valence-electron chi connectivity index (χ0n) is 14.3. The molecule has 4 fully saturated rings. The van der Waals surface area contributed by atoms with Crippen LogP contribution >= 0.6 is 0 Å². The molecule has 2 nitrogen and oxygen atoms in total. The van der Waals surface area contributed by atoms with Gasteiger partial charge in [0.25, 0.3) is 0 Å². The second kappa shape index (κ2) is 4.29. The Balaban J connectivity index is 1.53.